The van der Waals surface area contributed by atoms with E-state index in [1.807, 2.05) is 4.90 Å². The summed E-state index contributed by atoms with van der Waals surface area (Å²) >= 11 is 0. The fraction of sp³-hybridized carbons (Fsp3) is 0.812. The van der Waals surface area contributed by atoms with Crippen molar-refractivity contribution >= 4 is 17.8 Å². The Morgan fingerprint density at radius 1 is 1.22 bits per heavy atom. The Kier molecular flexibility index (Phi) is 3.28. The zero-order valence-corrected chi connectivity index (χ0v) is 13.3. The Bertz CT molecular complexity index is 560. The van der Waals surface area contributed by atoms with Crippen molar-refractivity contribution in [1.82, 2.24) is 20.9 Å². The van der Waals surface area contributed by atoms with Gasteiger partial charge in [-0.25, -0.2) is 4.79 Å². The van der Waals surface area contributed by atoms with E-state index in [0.717, 1.165) is 32.1 Å². The third-order valence-electron chi connectivity index (χ3n) is 6.18. The van der Waals surface area contributed by atoms with Crippen molar-refractivity contribution in [1.29, 1.82) is 0 Å². The number of carbonyl (C=O) groups is 3. The Labute approximate surface area is 135 Å². The van der Waals surface area contributed by atoms with Gasteiger partial charge in [-0.05, 0) is 32.1 Å². The number of nitrogens with zero attached hydrogens (tertiary/aromatic N) is 1. The summed E-state index contributed by atoms with van der Waals surface area (Å²) in [7, 11) is 0. The molecule has 2 unspecified atom stereocenters. The Hall–Kier alpha value is -1.79. The number of hydrogen-bond donors (Lipinski definition) is 3. The summed E-state index contributed by atoms with van der Waals surface area (Å²) < 4.78 is 0. The van der Waals surface area contributed by atoms with E-state index in [0.29, 0.717) is 32.5 Å². The van der Waals surface area contributed by atoms with Crippen LogP contribution in [0.15, 0.2) is 0 Å². The molecule has 7 heteroatoms. The van der Waals surface area contributed by atoms with Crippen molar-refractivity contribution in [2.75, 3.05) is 19.6 Å². The van der Waals surface area contributed by atoms with E-state index in [1.165, 1.54) is 0 Å². The van der Waals surface area contributed by atoms with Gasteiger partial charge >= 0.3 is 6.03 Å². The van der Waals surface area contributed by atoms with Crippen LogP contribution in [0.25, 0.3) is 0 Å². The van der Waals surface area contributed by atoms with Crippen LogP contribution in [0.1, 0.15) is 44.9 Å². The number of nitrogens with one attached hydrogen (secondary N) is 3. The van der Waals surface area contributed by atoms with Crippen LogP contribution >= 0.6 is 0 Å². The van der Waals surface area contributed by atoms with Crippen molar-refractivity contribution in [2.24, 2.45) is 5.41 Å². The van der Waals surface area contributed by atoms with Gasteiger partial charge in [0.1, 0.15) is 0 Å². The van der Waals surface area contributed by atoms with Gasteiger partial charge in [-0.15, -0.1) is 0 Å². The molecule has 4 fully saturated rings. The van der Waals surface area contributed by atoms with E-state index in [4.69, 9.17) is 0 Å². The van der Waals surface area contributed by atoms with Crippen LogP contribution in [0.3, 0.4) is 0 Å². The fourth-order valence-corrected chi connectivity index (χ4v) is 4.61. The smallest absolute Gasteiger partial charge is 0.317 e. The molecule has 2 atom stereocenters. The molecular weight excluding hydrogens is 296 g/mol. The number of piperidine rings is 1. The van der Waals surface area contributed by atoms with Crippen LogP contribution in [0.4, 0.5) is 4.79 Å². The molecule has 1 aliphatic carbocycles. The van der Waals surface area contributed by atoms with Crippen molar-refractivity contribution in [3.05, 3.63) is 0 Å². The van der Waals surface area contributed by atoms with Crippen molar-refractivity contribution in [3.63, 3.8) is 0 Å². The van der Waals surface area contributed by atoms with Gasteiger partial charge in [0.15, 0.2) is 0 Å². The summed E-state index contributed by atoms with van der Waals surface area (Å²) in [5.41, 5.74) is -0.281. The zero-order chi connectivity index (χ0) is 16.1. The molecule has 0 bridgehead atoms. The number of likely N-dealkylation sites (tertiary alicyclic amines) is 1. The van der Waals surface area contributed by atoms with Gasteiger partial charge in [-0.1, -0.05) is 0 Å². The molecule has 2 spiro atoms. The first-order valence-corrected chi connectivity index (χ1v) is 8.64. The molecule has 3 saturated heterocycles. The fourth-order valence-electron chi connectivity index (χ4n) is 4.61. The maximum atomic E-state index is 12.6. The lowest BCUT2D eigenvalue weighted by Crippen LogP contribution is -2.69. The molecule has 126 valence electrons. The molecule has 4 rings (SSSR count). The summed E-state index contributed by atoms with van der Waals surface area (Å²) in [5.74, 6) is 0.196. The van der Waals surface area contributed by atoms with Crippen LogP contribution < -0.4 is 16.0 Å². The third-order valence-corrected chi connectivity index (χ3v) is 6.18. The lowest BCUT2D eigenvalue weighted by molar-refractivity contribution is -0.128. The number of carbonyl (C=O) groups excluding carboxylic acids is 3. The Morgan fingerprint density at radius 3 is 2.70 bits per heavy atom. The highest BCUT2D eigenvalue weighted by Crippen LogP contribution is 2.40. The lowest BCUT2D eigenvalue weighted by Gasteiger charge is -2.51. The summed E-state index contributed by atoms with van der Waals surface area (Å²) in [4.78, 5) is 37.7. The van der Waals surface area contributed by atoms with E-state index in [9.17, 15) is 14.4 Å². The minimum atomic E-state index is -0.215. The second-order valence-electron chi connectivity index (χ2n) is 7.72. The van der Waals surface area contributed by atoms with E-state index < -0.39 is 0 Å². The summed E-state index contributed by atoms with van der Waals surface area (Å²) in [6.45, 7) is 2.02. The van der Waals surface area contributed by atoms with Crippen molar-refractivity contribution < 1.29 is 14.4 Å². The van der Waals surface area contributed by atoms with E-state index in [2.05, 4.69) is 16.0 Å². The van der Waals surface area contributed by atoms with Gasteiger partial charge in [0.05, 0.1) is 11.6 Å². The molecule has 3 aliphatic heterocycles. The van der Waals surface area contributed by atoms with Crippen LogP contribution in [0, 0.1) is 5.41 Å². The van der Waals surface area contributed by atoms with E-state index in [1.54, 1.807) is 0 Å². The summed E-state index contributed by atoms with van der Waals surface area (Å²) in [6.07, 6.45) is 5.61. The SMILES string of the molecule is O=C1CC2(CCN(C(=O)NC3CCC(=O)NC34CCC4)C2)CN1. The average molecular weight is 320 g/mol. The minimum absolute atomic E-state index is 0.0290. The molecule has 0 aromatic carbocycles. The third kappa shape index (κ3) is 2.46. The molecule has 0 radical (unpaired) electrons. The van der Waals surface area contributed by atoms with Gasteiger partial charge in [0.2, 0.25) is 11.8 Å². The Balaban J connectivity index is 1.38. The average Bonchev–Trinajstić information content (AvgIpc) is 3.06. The molecule has 4 aliphatic rings. The summed E-state index contributed by atoms with van der Waals surface area (Å²) in [6, 6.07) is -0.0185. The van der Waals surface area contributed by atoms with Crippen molar-refractivity contribution in [3.8, 4) is 0 Å². The molecule has 7 nitrogen and oxygen atoms in total. The maximum Gasteiger partial charge on any atom is 0.317 e. The van der Waals surface area contributed by atoms with Crippen LogP contribution in [-0.2, 0) is 9.59 Å². The molecule has 3 heterocycles. The highest BCUT2D eigenvalue weighted by molar-refractivity contribution is 5.81. The Morgan fingerprint density at radius 2 is 2.04 bits per heavy atom. The second kappa shape index (κ2) is 5.11. The first kappa shape index (κ1) is 14.8. The van der Waals surface area contributed by atoms with Gasteiger partial charge in [-0.3, -0.25) is 9.59 Å². The van der Waals surface area contributed by atoms with Crippen LogP contribution in [-0.4, -0.2) is 54.0 Å². The predicted molar refractivity (Wildman–Crippen MR) is 82.5 cm³/mol. The van der Waals surface area contributed by atoms with E-state index >= 15 is 0 Å². The molecule has 4 amide bonds. The normalized spacial score (nSPS) is 35.1. The molecule has 3 N–H and O–H groups in total. The topological polar surface area (TPSA) is 90.5 Å². The quantitative estimate of drug-likeness (QED) is 0.640. The highest BCUT2D eigenvalue weighted by Gasteiger charge is 2.50. The monoisotopic (exact) mass is 320 g/mol. The number of amides is 4. The maximum absolute atomic E-state index is 12.6. The minimum Gasteiger partial charge on any atom is -0.355 e. The van der Waals surface area contributed by atoms with Gasteiger partial charge in [0.25, 0.3) is 0 Å². The van der Waals surface area contributed by atoms with Crippen LogP contribution in [0.5, 0.6) is 0 Å². The number of urea groups is 1. The number of rotatable bonds is 1. The van der Waals surface area contributed by atoms with Gasteiger partial charge < -0.3 is 20.9 Å². The molecule has 23 heavy (non-hydrogen) atoms. The molecule has 0 aromatic heterocycles. The predicted octanol–water partition coefficient (Wildman–Crippen LogP) is 0.109. The van der Waals surface area contributed by atoms with Gasteiger partial charge in [-0.2, -0.15) is 0 Å². The largest absolute Gasteiger partial charge is 0.355 e. The first-order valence-electron chi connectivity index (χ1n) is 8.64. The molecule has 1 saturated carbocycles. The summed E-state index contributed by atoms with van der Waals surface area (Å²) in [5, 5.41) is 9.15. The zero-order valence-electron chi connectivity index (χ0n) is 13.3. The molecular formula is C16H24N4O3. The van der Waals surface area contributed by atoms with Crippen LogP contribution in [0.2, 0.25) is 0 Å². The highest BCUT2D eigenvalue weighted by atomic mass is 16.2. The number of hydrogen-bond acceptors (Lipinski definition) is 3. The lowest BCUT2D eigenvalue weighted by atomic mass is 9.68. The second-order valence-corrected chi connectivity index (χ2v) is 7.72. The first-order chi connectivity index (χ1) is 11.0. The molecule has 0 aromatic rings. The van der Waals surface area contributed by atoms with Gasteiger partial charge in [0, 0.05) is 37.9 Å². The standard InChI is InChI=1S/C16H24N4O3/c21-12-3-2-11(16(19-12)4-1-5-16)18-14(23)20-7-6-15(10-20)8-13(22)17-9-15/h11H,1-10H2,(H,17,22)(H,18,23)(H,19,21). The van der Waals surface area contributed by atoms with Crippen molar-refractivity contribution in [2.45, 2.75) is 56.5 Å². The van der Waals surface area contributed by atoms with E-state index in [-0.39, 0.29) is 34.8 Å².